The zero-order valence-corrected chi connectivity index (χ0v) is 13.7. The summed E-state index contributed by atoms with van der Waals surface area (Å²) in [6, 6.07) is 9.60. The molecule has 0 radical (unpaired) electrons. The highest BCUT2D eigenvalue weighted by molar-refractivity contribution is 5.85. The van der Waals surface area contributed by atoms with Gasteiger partial charge in [0.05, 0.1) is 0 Å². The highest BCUT2D eigenvalue weighted by atomic mass is 16.6. The molecule has 0 aliphatic rings. The molecule has 2 rings (SSSR count). The van der Waals surface area contributed by atoms with E-state index in [0.717, 1.165) is 0 Å². The average Bonchev–Trinajstić information content (AvgIpc) is 2.93. The summed E-state index contributed by atoms with van der Waals surface area (Å²) in [4.78, 5) is 22.4. The molecule has 7 heteroatoms. The number of anilines is 1. The van der Waals surface area contributed by atoms with E-state index in [1.54, 1.807) is 51.1 Å². The molecule has 7 nitrogen and oxygen atoms in total. The molecule has 1 aromatic carbocycles. The molecule has 24 heavy (non-hydrogen) atoms. The molecule has 0 fully saturated rings. The largest absolute Gasteiger partial charge is 0.486 e. The first-order valence-electron chi connectivity index (χ1n) is 7.28. The van der Waals surface area contributed by atoms with Gasteiger partial charge in [0.25, 0.3) is 0 Å². The number of amides is 1. The van der Waals surface area contributed by atoms with Crippen LogP contribution >= 0.6 is 0 Å². The van der Waals surface area contributed by atoms with Crippen LogP contribution in [0.1, 0.15) is 37.1 Å². The molecule has 1 aromatic heterocycles. The van der Waals surface area contributed by atoms with Gasteiger partial charge in [-0.05, 0) is 57.2 Å². The fourth-order valence-corrected chi connectivity index (χ4v) is 1.78. The molecular weight excluding hydrogens is 314 g/mol. The number of hydrogen-bond donors (Lipinski definition) is 2. The van der Waals surface area contributed by atoms with Crippen LogP contribution in [-0.4, -0.2) is 22.8 Å². The number of rotatable bonds is 5. The molecule has 0 atom stereocenters. The van der Waals surface area contributed by atoms with Crippen LogP contribution in [0, 0.1) is 0 Å². The van der Waals surface area contributed by atoms with E-state index >= 15 is 0 Å². The van der Waals surface area contributed by atoms with Gasteiger partial charge in [0, 0.05) is 5.69 Å². The van der Waals surface area contributed by atoms with Gasteiger partial charge in [0.15, 0.2) is 0 Å². The lowest BCUT2D eigenvalue weighted by atomic mass is 10.2. The van der Waals surface area contributed by atoms with E-state index in [0.29, 0.717) is 17.2 Å². The van der Waals surface area contributed by atoms with Crippen molar-refractivity contribution in [1.29, 1.82) is 0 Å². The van der Waals surface area contributed by atoms with Crippen molar-refractivity contribution in [2.24, 2.45) is 0 Å². The third kappa shape index (κ3) is 5.35. The summed E-state index contributed by atoms with van der Waals surface area (Å²) >= 11 is 0. The number of hydrogen-bond acceptors (Lipinski definition) is 5. The summed E-state index contributed by atoms with van der Waals surface area (Å²) in [6.07, 6.45) is -0.534. The fourth-order valence-electron chi connectivity index (χ4n) is 1.78. The predicted octanol–water partition coefficient (Wildman–Crippen LogP) is 3.90. The van der Waals surface area contributed by atoms with Crippen molar-refractivity contribution < 1.29 is 28.6 Å². The summed E-state index contributed by atoms with van der Waals surface area (Å²) in [5.41, 5.74) is 0.00750. The van der Waals surface area contributed by atoms with Gasteiger partial charge >= 0.3 is 12.1 Å². The summed E-state index contributed by atoms with van der Waals surface area (Å²) in [5, 5.41) is 11.4. The maximum atomic E-state index is 11.7. The van der Waals surface area contributed by atoms with E-state index in [1.807, 2.05) is 0 Å². The molecule has 2 aromatic rings. The molecule has 128 valence electrons. The van der Waals surface area contributed by atoms with Crippen LogP contribution in [0.2, 0.25) is 0 Å². The summed E-state index contributed by atoms with van der Waals surface area (Å²) in [6.45, 7) is 5.46. The molecule has 0 bridgehead atoms. The maximum absolute atomic E-state index is 11.7. The second-order valence-electron chi connectivity index (χ2n) is 6.01. The van der Waals surface area contributed by atoms with Gasteiger partial charge in [-0.3, -0.25) is 5.32 Å². The van der Waals surface area contributed by atoms with E-state index in [9.17, 15) is 9.59 Å². The van der Waals surface area contributed by atoms with Crippen molar-refractivity contribution in [2.45, 2.75) is 33.0 Å². The Labute approximate surface area is 139 Å². The van der Waals surface area contributed by atoms with Crippen molar-refractivity contribution in [3.63, 3.8) is 0 Å². The lowest BCUT2D eigenvalue weighted by Gasteiger charge is -2.19. The number of ether oxygens (including phenoxy) is 2. The Kier molecular flexibility index (Phi) is 5.13. The Morgan fingerprint density at radius 1 is 1.12 bits per heavy atom. The van der Waals surface area contributed by atoms with E-state index in [2.05, 4.69) is 5.32 Å². The van der Waals surface area contributed by atoms with Crippen molar-refractivity contribution in [3.05, 3.63) is 47.9 Å². The van der Waals surface area contributed by atoms with Gasteiger partial charge in [0.1, 0.15) is 23.7 Å². The zero-order valence-electron chi connectivity index (χ0n) is 13.7. The third-order valence-electron chi connectivity index (χ3n) is 2.75. The van der Waals surface area contributed by atoms with Gasteiger partial charge in [-0.25, -0.2) is 9.59 Å². The first-order chi connectivity index (χ1) is 11.2. The average molecular weight is 333 g/mol. The van der Waals surface area contributed by atoms with Crippen molar-refractivity contribution in [1.82, 2.24) is 0 Å². The van der Waals surface area contributed by atoms with E-state index in [-0.39, 0.29) is 12.4 Å². The van der Waals surface area contributed by atoms with Gasteiger partial charge in [0.2, 0.25) is 5.76 Å². The summed E-state index contributed by atoms with van der Waals surface area (Å²) in [5.74, 6) is -0.300. The lowest BCUT2D eigenvalue weighted by Crippen LogP contribution is -2.27. The maximum Gasteiger partial charge on any atom is 0.412 e. The van der Waals surface area contributed by atoms with Crippen LogP contribution in [0.25, 0.3) is 0 Å². The molecule has 0 saturated carbocycles. The van der Waals surface area contributed by atoms with Crippen molar-refractivity contribution >= 4 is 17.7 Å². The molecule has 1 amide bonds. The monoisotopic (exact) mass is 333 g/mol. The van der Waals surface area contributed by atoms with Crippen molar-refractivity contribution in [3.8, 4) is 5.75 Å². The quantitative estimate of drug-likeness (QED) is 0.861. The normalized spacial score (nSPS) is 11.0. The van der Waals surface area contributed by atoms with Crippen molar-refractivity contribution in [2.75, 3.05) is 5.32 Å². The molecule has 0 aliphatic carbocycles. The van der Waals surface area contributed by atoms with Crippen LogP contribution in [-0.2, 0) is 11.3 Å². The molecule has 0 spiro atoms. The van der Waals surface area contributed by atoms with Gasteiger partial charge in [-0.2, -0.15) is 0 Å². The number of furan rings is 1. The van der Waals surface area contributed by atoms with Crippen LogP contribution < -0.4 is 10.1 Å². The number of carboxylic acids is 1. The predicted molar refractivity (Wildman–Crippen MR) is 86.3 cm³/mol. The molecule has 1 heterocycles. The number of nitrogens with one attached hydrogen (secondary N) is 1. The number of aromatic carboxylic acids is 1. The molecule has 0 unspecified atom stereocenters. The summed E-state index contributed by atoms with van der Waals surface area (Å²) in [7, 11) is 0. The summed E-state index contributed by atoms with van der Waals surface area (Å²) < 4.78 is 15.7. The number of carboxylic acid groups (broad SMARTS) is 1. The van der Waals surface area contributed by atoms with Crippen LogP contribution in [0.3, 0.4) is 0 Å². The minimum Gasteiger partial charge on any atom is -0.486 e. The third-order valence-corrected chi connectivity index (χ3v) is 2.75. The number of benzene rings is 1. The molecule has 0 saturated heterocycles. The molecule has 2 N–H and O–H groups in total. The fraction of sp³-hybridized carbons (Fsp3) is 0.294. The zero-order chi connectivity index (χ0) is 17.7. The van der Waals surface area contributed by atoms with Crippen LogP contribution in [0.4, 0.5) is 10.5 Å². The smallest absolute Gasteiger partial charge is 0.412 e. The Morgan fingerprint density at radius 3 is 2.33 bits per heavy atom. The Bertz CT molecular complexity index is 711. The highest BCUT2D eigenvalue weighted by Crippen LogP contribution is 2.19. The van der Waals surface area contributed by atoms with E-state index < -0.39 is 17.7 Å². The first kappa shape index (κ1) is 17.4. The Morgan fingerprint density at radius 2 is 1.79 bits per heavy atom. The van der Waals surface area contributed by atoms with Gasteiger partial charge in [-0.1, -0.05) is 0 Å². The van der Waals surface area contributed by atoms with Crippen LogP contribution in [0.15, 0.2) is 40.8 Å². The van der Waals surface area contributed by atoms with Gasteiger partial charge < -0.3 is 19.0 Å². The minimum atomic E-state index is -1.13. The Hall–Kier alpha value is -2.96. The molecule has 0 aliphatic heterocycles. The SMILES string of the molecule is CC(C)(C)OC(=O)Nc1ccc(OCc2ccc(C(=O)O)o2)cc1. The lowest BCUT2D eigenvalue weighted by molar-refractivity contribution is 0.0631. The van der Waals surface area contributed by atoms with Gasteiger partial charge in [-0.15, -0.1) is 0 Å². The second kappa shape index (κ2) is 7.08. The number of carbonyl (C=O) groups excluding carboxylic acids is 1. The van der Waals surface area contributed by atoms with Crippen LogP contribution in [0.5, 0.6) is 5.75 Å². The highest BCUT2D eigenvalue weighted by Gasteiger charge is 2.16. The minimum absolute atomic E-state index is 0.103. The van der Waals surface area contributed by atoms with E-state index in [4.69, 9.17) is 19.0 Å². The Balaban J connectivity index is 1.87. The first-order valence-corrected chi connectivity index (χ1v) is 7.28. The van der Waals surface area contributed by atoms with E-state index in [1.165, 1.54) is 6.07 Å². The molecular formula is C17H19NO6. The topological polar surface area (TPSA) is 98.0 Å². The number of carbonyl (C=O) groups is 2. The second-order valence-corrected chi connectivity index (χ2v) is 6.01. The standard InChI is InChI=1S/C17H19NO6/c1-17(2,3)24-16(21)18-11-4-6-12(7-5-11)22-10-13-8-9-14(23-13)15(19)20/h4-9H,10H2,1-3H3,(H,18,21)(H,19,20).